The molecule has 0 saturated heterocycles. The zero-order chi connectivity index (χ0) is 12.0. The fourth-order valence-corrected chi connectivity index (χ4v) is 2.80. The lowest BCUT2D eigenvalue weighted by molar-refractivity contribution is 0.396. The molecular weight excluding hydrogens is 220 g/mol. The number of aryl methyl sites for hydroxylation is 1. The van der Waals surface area contributed by atoms with Crippen molar-refractivity contribution in [2.75, 3.05) is 0 Å². The number of hydrogen-bond donors (Lipinski definition) is 2. The monoisotopic (exact) mass is 242 g/mol. The van der Waals surface area contributed by atoms with Crippen LogP contribution in [0.1, 0.15) is 56.6 Å². The molecule has 2 atom stereocenters. The van der Waals surface area contributed by atoms with Gasteiger partial charge in [-0.25, -0.2) is 0 Å². The van der Waals surface area contributed by atoms with Crippen LogP contribution >= 0.6 is 11.5 Å². The van der Waals surface area contributed by atoms with Gasteiger partial charge in [-0.1, -0.05) is 38.1 Å². The molecule has 16 heavy (non-hydrogen) atoms. The van der Waals surface area contributed by atoms with Crippen molar-refractivity contribution in [3.8, 4) is 0 Å². The number of hydrogen-bond acceptors (Lipinski definition) is 5. The molecule has 1 aromatic heterocycles. The fraction of sp³-hybridized carbons (Fsp3) is 0.818. The molecule has 0 aliphatic heterocycles. The Labute approximate surface area is 102 Å². The molecule has 0 amide bonds. The van der Waals surface area contributed by atoms with Crippen molar-refractivity contribution < 1.29 is 0 Å². The zero-order valence-corrected chi connectivity index (χ0v) is 11.2. The van der Waals surface area contributed by atoms with Crippen LogP contribution in [-0.2, 0) is 6.42 Å². The predicted octanol–water partition coefficient (Wildman–Crippen LogP) is 2.43. The molecule has 1 heterocycles. The van der Waals surface area contributed by atoms with Gasteiger partial charge in [0.2, 0.25) is 0 Å². The van der Waals surface area contributed by atoms with Crippen molar-refractivity contribution in [1.29, 1.82) is 0 Å². The van der Waals surface area contributed by atoms with Gasteiger partial charge in [-0.15, -0.1) is 5.10 Å². The van der Waals surface area contributed by atoms with E-state index in [-0.39, 0.29) is 6.04 Å². The number of nitrogens with two attached hydrogens (primary N) is 1. The molecule has 0 aliphatic carbocycles. The van der Waals surface area contributed by atoms with E-state index in [2.05, 4.69) is 35.8 Å². The quantitative estimate of drug-likeness (QED) is 0.569. The van der Waals surface area contributed by atoms with Crippen LogP contribution in [0.2, 0.25) is 0 Å². The summed E-state index contributed by atoms with van der Waals surface area (Å²) < 4.78 is 4.01. The molecule has 92 valence electrons. The van der Waals surface area contributed by atoms with Gasteiger partial charge in [-0.05, 0) is 30.3 Å². The minimum atomic E-state index is 0.205. The van der Waals surface area contributed by atoms with Gasteiger partial charge in [0.05, 0.1) is 16.6 Å². The summed E-state index contributed by atoms with van der Waals surface area (Å²) in [7, 11) is 0. The van der Waals surface area contributed by atoms with Crippen molar-refractivity contribution in [2.45, 2.75) is 52.5 Å². The van der Waals surface area contributed by atoms with Gasteiger partial charge in [0.15, 0.2) is 0 Å². The summed E-state index contributed by atoms with van der Waals surface area (Å²) in [5, 5.41) is 4.13. The predicted molar refractivity (Wildman–Crippen MR) is 68.0 cm³/mol. The first-order valence-electron chi connectivity index (χ1n) is 6.00. The molecule has 3 N–H and O–H groups in total. The zero-order valence-electron chi connectivity index (χ0n) is 10.4. The molecule has 4 nitrogen and oxygen atoms in total. The summed E-state index contributed by atoms with van der Waals surface area (Å²) in [6.45, 7) is 6.59. The molecule has 0 aliphatic rings. The van der Waals surface area contributed by atoms with Crippen LogP contribution in [0.15, 0.2) is 0 Å². The van der Waals surface area contributed by atoms with E-state index in [9.17, 15) is 0 Å². The van der Waals surface area contributed by atoms with E-state index in [0.717, 1.165) is 18.5 Å². The van der Waals surface area contributed by atoms with E-state index in [4.69, 9.17) is 5.84 Å². The van der Waals surface area contributed by atoms with Gasteiger partial charge in [-0.2, -0.15) is 0 Å². The van der Waals surface area contributed by atoms with Crippen molar-refractivity contribution in [2.24, 2.45) is 11.8 Å². The van der Waals surface area contributed by atoms with Crippen LogP contribution in [0.25, 0.3) is 0 Å². The maximum absolute atomic E-state index is 5.63. The van der Waals surface area contributed by atoms with E-state index in [1.165, 1.54) is 29.3 Å². The fourth-order valence-electron chi connectivity index (χ4n) is 1.99. The first kappa shape index (κ1) is 13.5. The minimum absolute atomic E-state index is 0.205. The van der Waals surface area contributed by atoms with Crippen LogP contribution in [0.5, 0.6) is 0 Å². The smallest absolute Gasteiger partial charge is 0.0801 e. The Morgan fingerprint density at radius 2 is 2.19 bits per heavy atom. The van der Waals surface area contributed by atoms with E-state index in [1.54, 1.807) is 0 Å². The molecule has 1 aromatic rings. The minimum Gasteiger partial charge on any atom is -0.271 e. The third-order valence-electron chi connectivity index (χ3n) is 2.86. The number of hydrazine groups is 1. The van der Waals surface area contributed by atoms with E-state index in [1.807, 2.05) is 0 Å². The lowest BCUT2D eigenvalue weighted by Crippen LogP contribution is -2.29. The highest BCUT2D eigenvalue weighted by Gasteiger charge is 2.19. The molecule has 0 spiro atoms. The Morgan fingerprint density at radius 1 is 1.44 bits per heavy atom. The van der Waals surface area contributed by atoms with Crippen LogP contribution in [0.3, 0.4) is 0 Å². The highest BCUT2D eigenvalue weighted by molar-refractivity contribution is 7.05. The number of nitrogens with one attached hydrogen (secondary N) is 1. The Hall–Kier alpha value is -0.520. The molecule has 0 fully saturated rings. The summed E-state index contributed by atoms with van der Waals surface area (Å²) in [6.07, 6.45) is 4.44. The van der Waals surface area contributed by atoms with Crippen molar-refractivity contribution in [1.82, 2.24) is 15.0 Å². The number of aromatic nitrogens is 2. The highest BCUT2D eigenvalue weighted by Crippen LogP contribution is 2.27. The second-order valence-corrected chi connectivity index (χ2v) is 5.07. The van der Waals surface area contributed by atoms with Crippen LogP contribution in [0.4, 0.5) is 0 Å². The molecule has 1 rings (SSSR count). The SMILES string of the molecule is CCCC(C)CC(NN)c1snnc1CC. The van der Waals surface area contributed by atoms with Gasteiger partial charge in [0, 0.05) is 0 Å². The summed E-state index contributed by atoms with van der Waals surface area (Å²) in [5.41, 5.74) is 3.98. The van der Waals surface area contributed by atoms with Crippen molar-refractivity contribution in [3.05, 3.63) is 10.6 Å². The second-order valence-electron chi connectivity index (χ2n) is 4.29. The summed E-state index contributed by atoms with van der Waals surface area (Å²) in [6, 6.07) is 0.205. The van der Waals surface area contributed by atoms with E-state index < -0.39 is 0 Å². The second kappa shape index (κ2) is 6.93. The molecule has 0 radical (unpaired) electrons. The van der Waals surface area contributed by atoms with E-state index >= 15 is 0 Å². The maximum Gasteiger partial charge on any atom is 0.0801 e. The average Bonchev–Trinajstić information content (AvgIpc) is 2.74. The van der Waals surface area contributed by atoms with Crippen molar-refractivity contribution >= 4 is 11.5 Å². The standard InChI is InChI=1S/C11H22N4S/c1-4-6-8(3)7-10(13-12)11-9(5-2)14-15-16-11/h8,10,13H,4-7,12H2,1-3H3. The van der Waals surface area contributed by atoms with Crippen LogP contribution < -0.4 is 11.3 Å². The number of rotatable bonds is 7. The van der Waals surface area contributed by atoms with E-state index in [0.29, 0.717) is 5.92 Å². The third-order valence-corrected chi connectivity index (χ3v) is 3.74. The molecule has 0 saturated carbocycles. The average molecular weight is 242 g/mol. The maximum atomic E-state index is 5.63. The third kappa shape index (κ3) is 3.50. The molecule has 5 heteroatoms. The first-order chi connectivity index (χ1) is 7.72. The topological polar surface area (TPSA) is 63.8 Å². The van der Waals surface area contributed by atoms with Gasteiger partial charge in [0.1, 0.15) is 0 Å². The van der Waals surface area contributed by atoms with Crippen molar-refractivity contribution in [3.63, 3.8) is 0 Å². The lowest BCUT2D eigenvalue weighted by atomic mass is 9.96. The number of nitrogens with zero attached hydrogens (tertiary/aromatic N) is 2. The molecule has 2 unspecified atom stereocenters. The summed E-state index contributed by atoms with van der Waals surface area (Å²) in [4.78, 5) is 1.20. The Morgan fingerprint density at radius 3 is 2.75 bits per heavy atom. The summed E-state index contributed by atoms with van der Waals surface area (Å²) >= 11 is 1.46. The Kier molecular flexibility index (Phi) is 5.87. The molecular formula is C11H22N4S. The highest BCUT2D eigenvalue weighted by atomic mass is 32.1. The first-order valence-corrected chi connectivity index (χ1v) is 6.77. The van der Waals surface area contributed by atoms with Gasteiger partial charge >= 0.3 is 0 Å². The van der Waals surface area contributed by atoms with Gasteiger partial charge < -0.3 is 0 Å². The van der Waals surface area contributed by atoms with Crippen LogP contribution in [-0.4, -0.2) is 9.59 Å². The van der Waals surface area contributed by atoms with Gasteiger partial charge in [0.25, 0.3) is 0 Å². The van der Waals surface area contributed by atoms with Crippen LogP contribution in [0, 0.1) is 5.92 Å². The normalized spacial score (nSPS) is 15.0. The van der Waals surface area contributed by atoms with Gasteiger partial charge in [-0.3, -0.25) is 11.3 Å². The molecule has 0 bridgehead atoms. The summed E-state index contributed by atoms with van der Waals surface area (Å²) in [5.74, 6) is 6.31. The lowest BCUT2D eigenvalue weighted by Gasteiger charge is -2.19. The Bertz CT molecular complexity index is 300. The Balaban J connectivity index is 2.66. The largest absolute Gasteiger partial charge is 0.271 e. The molecule has 0 aromatic carbocycles.